The maximum Gasteiger partial charge on any atom is 0.163 e. The second kappa shape index (κ2) is 5.79. The number of ether oxygens (including phenoxy) is 2. The molecule has 1 aromatic rings. The molecule has 0 bridgehead atoms. The Bertz CT molecular complexity index is 356. The lowest BCUT2D eigenvalue weighted by Crippen LogP contribution is -1.98. The molecule has 6 heteroatoms. The molecule has 0 N–H and O–H groups in total. The van der Waals surface area contributed by atoms with Gasteiger partial charge in [-0.2, -0.15) is 0 Å². The summed E-state index contributed by atoms with van der Waals surface area (Å²) in [4.78, 5) is 20.9. The van der Waals surface area contributed by atoms with Gasteiger partial charge in [0.1, 0.15) is 11.4 Å². The first-order chi connectivity index (χ1) is 7.76. The normalized spacial score (nSPS) is 9.62. The maximum absolute atomic E-state index is 10.5. The predicted octanol–water partition coefficient (Wildman–Crippen LogP) is 3.28. The molecule has 0 saturated heterocycles. The van der Waals surface area contributed by atoms with Gasteiger partial charge in [-0.05, 0) is 24.2 Å². The molecule has 0 aliphatic carbocycles. The summed E-state index contributed by atoms with van der Waals surface area (Å²) in [6, 6.07) is 2.69. The van der Waals surface area contributed by atoms with Crippen LogP contribution in [0.5, 0.6) is 11.5 Å². The van der Waals surface area contributed by atoms with Gasteiger partial charge in [-0.15, -0.1) is 9.81 Å². The molecular weight excluding hydrogens is 212 g/mol. The monoisotopic (exact) mass is 224 g/mol. The Kier molecular flexibility index (Phi) is 4.38. The minimum Gasteiger partial charge on any atom is -0.490 e. The van der Waals surface area contributed by atoms with Crippen LogP contribution in [-0.4, -0.2) is 13.2 Å². The summed E-state index contributed by atoms with van der Waals surface area (Å²) in [5.74, 6) is 0.762. The number of nitrogens with zero attached hydrogens (tertiary/aromatic N) is 2. The van der Waals surface area contributed by atoms with Crippen molar-refractivity contribution in [1.29, 1.82) is 0 Å². The van der Waals surface area contributed by atoms with Crippen molar-refractivity contribution in [2.45, 2.75) is 13.8 Å². The van der Waals surface area contributed by atoms with E-state index in [1.165, 1.54) is 12.1 Å². The van der Waals surface area contributed by atoms with Gasteiger partial charge in [-0.3, -0.25) is 0 Å². The number of hydrogen-bond acceptors (Lipinski definition) is 6. The first kappa shape index (κ1) is 12.1. The Morgan fingerprint density at radius 1 is 0.938 bits per heavy atom. The predicted molar refractivity (Wildman–Crippen MR) is 59.7 cm³/mol. The maximum atomic E-state index is 10.5. The second-order valence-electron chi connectivity index (χ2n) is 2.84. The van der Waals surface area contributed by atoms with Crippen LogP contribution in [0.1, 0.15) is 13.8 Å². The Labute approximate surface area is 92.5 Å². The van der Waals surface area contributed by atoms with E-state index in [1.807, 2.05) is 0 Å². The summed E-state index contributed by atoms with van der Waals surface area (Å²) in [5, 5.41) is 5.41. The number of nitroso groups, excluding NO2 is 2. The van der Waals surface area contributed by atoms with E-state index in [2.05, 4.69) is 10.4 Å². The van der Waals surface area contributed by atoms with Gasteiger partial charge in [0, 0.05) is 12.1 Å². The Balaban J connectivity index is 3.22. The molecule has 0 fully saturated rings. The van der Waals surface area contributed by atoms with Crippen molar-refractivity contribution in [3.8, 4) is 11.5 Å². The Morgan fingerprint density at radius 3 is 1.56 bits per heavy atom. The Morgan fingerprint density at radius 2 is 1.31 bits per heavy atom. The fourth-order valence-electron chi connectivity index (χ4n) is 1.22. The molecule has 1 aromatic carbocycles. The molecule has 0 amide bonds. The molecule has 0 radical (unpaired) electrons. The molecular formula is C10H12N2O4. The number of rotatable bonds is 6. The van der Waals surface area contributed by atoms with Gasteiger partial charge < -0.3 is 9.47 Å². The van der Waals surface area contributed by atoms with E-state index in [0.717, 1.165) is 0 Å². The minimum atomic E-state index is -0.0538. The highest BCUT2D eigenvalue weighted by Crippen LogP contribution is 2.39. The molecule has 0 aliphatic heterocycles. The molecule has 0 unspecified atom stereocenters. The van der Waals surface area contributed by atoms with Crippen molar-refractivity contribution in [1.82, 2.24) is 0 Å². The lowest BCUT2D eigenvalue weighted by molar-refractivity contribution is 0.288. The fourth-order valence-corrected chi connectivity index (χ4v) is 1.22. The molecule has 1 rings (SSSR count). The standard InChI is InChI=1S/C10H12N2O4/c1-3-15-9-5-7(11-13)8(12-14)6-10(9)16-4-2/h5-6H,3-4H2,1-2H3. The summed E-state index contributed by atoms with van der Waals surface area (Å²) < 4.78 is 10.5. The van der Waals surface area contributed by atoms with E-state index >= 15 is 0 Å². The third-order valence-corrected chi connectivity index (χ3v) is 1.84. The smallest absolute Gasteiger partial charge is 0.163 e. The topological polar surface area (TPSA) is 77.3 Å². The van der Waals surface area contributed by atoms with Crippen LogP contribution in [0, 0.1) is 9.81 Å². The zero-order valence-electron chi connectivity index (χ0n) is 9.10. The summed E-state index contributed by atoms with van der Waals surface area (Å²) in [6.07, 6.45) is 0. The summed E-state index contributed by atoms with van der Waals surface area (Å²) in [5.41, 5.74) is -0.108. The van der Waals surface area contributed by atoms with Crippen LogP contribution in [0.25, 0.3) is 0 Å². The average molecular weight is 224 g/mol. The largest absolute Gasteiger partial charge is 0.490 e. The molecule has 0 spiro atoms. The molecule has 0 heterocycles. The quantitative estimate of drug-likeness (QED) is 0.694. The molecule has 0 saturated carbocycles. The zero-order valence-corrected chi connectivity index (χ0v) is 9.10. The van der Waals surface area contributed by atoms with Crippen molar-refractivity contribution >= 4 is 11.4 Å². The van der Waals surface area contributed by atoms with Crippen molar-refractivity contribution in [3.05, 3.63) is 21.9 Å². The molecule has 0 aliphatic rings. The first-order valence-corrected chi connectivity index (χ1v) is 4.87. The number of hydrogen-bond donors (Lipinski definition) is 0. The van der Waals surface area contributed by atoms with E-state index < -0.39 is 0 Å². The van der Waals surface area contributed by atoms with Gasteiger partial charge >= 0.3 is 0 Å². The third kappa shape index (κ3) is 2.53. The summed E-state index contributed by atoms with van der Waals surface area (Å²) in [7, 11) is 0. The molecule has 86 valence electrons. The fraction of sp³-hybridized carbons (Fsp3) is 0.400. The van der Waals surface area contributed by atoms with Crippen LogP contribution in [0.2, 0.25) is 0 Å². The lowest BCUT2D eigenvalue weighted by Gasteiger charge is -2.11. The van der Waals surface area contributed by atoms with Crippen LogP contribution < -0.4 is 9.47 Å². The lowest BCUT2D eigenvalue weighted by atomic mass is 10.2. The van der Waals surface area contributed by atoms with Gasteiger partial charge in [0.2, 0.25) is 0 Å². The van der Waals surface area contributed by atoms with Crippen molar-refractivity contribution in [2.24, 2.45) is 10.4 Å². The highest BCUT2D eigenvalue weighted by Gasteiger charge is 2.13. The van der Waals surface area contributed by atoms with Crippen molar-refractivity contribution in [3.63, 3.8) is 0 Å². The van der Waals surface area contributed by atoms with Crippen molar-refractivity contribution < 1.29 is 9.47 Å². The van der Waals surface area contributed by atoms with E-state index in [1.54, 1.807) is 13.8 Å². The van der Waals surface area contributed by atoms with E-state index in [0.29, 0.717) is 24.7 Å². The number of benzene rings is 1. The van der Waals surface area contributed by atoms with Gasteiger partial charge in [-0.1, -0.05) is 0 Å². The highest BCUT2D eigenvalue weighted by molar-refractivity contribution is 5.68. The summed E-state index contributed by atoms with van der Waals surface area (Å²) in [6.45, 7) is 4.45. The highest BCUT2D eigenvalue weighted by atomic mass is 16.5. The average Bonchev–Trinajstić information content (AvgIpc) is 2.31. The molecule has 0 aromatic heterocycles. The van der Waals surface area contributed by atoms with E-state index in [-0.39, 0.29) is 11.4 Å². The molecule has 6 nitrogen and oxygen atoms in total. The first-order valence-electron chi connectivity index (χ1n) is 4.87. The minimum absolute atomic E-state index is 0.0538. The second-order valence-corrected chi connectivity index (χ2v) is 2.84. The Hall–Kier alpha value is -1.98. The van der Waals surface area contributed by atoms with Crippen LogP contribution >= 0.6 is 0 Å². The van der Waals surface area contributed by atoms with E-state index in [9.17, 15) is 9.81 Å². The third-order valence-electron chi connectivity index (χ3n) is 1.84. The van der Waals surface area contributed by atoms with Gasteiger partial charge in [-0.25, -0.2) is 0 Å². The zero-order chi connectivity index (χ0) is 12.0. The SMILES string of the molecule is CCOc1cc(N=O)c(N=O)cc1OCC. The van der Waals surface area contributed by atoms with Crippen LogP contribution in [0.15, 0.2) is 22.5 Å². The van der Waals surface area contributed by atoms with Crippen LogP contribution in [0.3, 0.4) is 0 Å². The van der Waals surface area contributed by atoms with Gasteiger partial charge in [0.25, 0.3) is 0 Å². The van der Waals surface area contributed by atoms with E-state index in [4.69, 9.17) is 9.47 Å². The van der Waals surface area contributed by atoms with Gasteiger partial charge in [0.15, 0.2) is 11.5 Å². The molecule has 0 atom stereocenters. The summed E-state index contributed by atoms with van der Waals surface area (Å²) >= 11 is 0. The van der Waals surface area contributed by atoms with Gasteiger partial charge in [0.05, 0.1) is 13.2 Å². The van der Waals surface area contributed by atoms with Crippen LogP contribution in [0.4, 0.5) is 11.4 Å². The van der Waals surface area contributed by atoms with Crippen LogP contribution in [-0.2, 0) is 0 Å². The van der Waals surface area contributed by atoms with Crippen molar-refractivity contribution in [2.75, 3.05) is 13.2 Å². The molecule has 16 heavy (non-hydrogen) atoms.